The summed E-state index contributed by atoms with van der Waals surface area (Å²) in [6.45, 7) is 5.69. The van der Waals surface area contributed by atoms with Crippen molar-refractivity contribution in [2.45, 2.75) is 32.8 Å². The Morgan fingerprint density at radius 1 is 1.33 bits per heavy atom. The normalized spacial score (nSPS) is 11.7. The van der Waals surface area contributed by atoms with Crippen LogP contribution in [0.3, 0.4) is 0 Å². The molecule has 116 valence electrons. The largest absolute Gasteiger partial charge is 0.444 e. The first-order chi connectivity index (χ1) is 9.69. The van der Waals surface area contributed by atoms with Crippen LogP contribution >= 0.6 is 11.6 Å². The molecule has 1 rings (SSSR count). The Morgan fingerprint density at radius 3 is 2.43 bits per heavy atom. The summed E-state index contributed by atoms with van der Waals surface area (Å²) >= 11 is 5.39. The van der Waals surface area contributed by atoms with Gasteiger partial charge in [-0.25, -0.2) is 13.6 Å². The number of carbonyl (C=O) groups excluding carboxylic acids is 1. The maximum Gasteiger partial charge on any atom is 0.407 e. The summed E-state index contributed by atoms with van der Waals surface area (Å²) in [5.74, 6) is -1.61. The van der Waals surface area contributed by atoms with Gasteiger partial charge in [-0.3, -0.25) is 0 Å². The number of hydrogen-bond acceptors (Lipinski definition) is 2. The van der Waals surface area contributed by atoms with Gasteiger partial charge in [-0.05, 0) is 44.9 Å². The van der Waals surface area contributed by atoms with E-state index in [0.717, 1.165) is 12.1 Å². The molecule has 1 amide bonds. The van der Waals surface area contributed by atoms with Gasteiger partial charge in [0, 0.05) is 6.54 Å². The molecule has 0 aliphatic carbocycles. The number of carbonyl (C=O) groups is 1. The summed E-state index contributed by atoms with van der Waals surface area (Å²) in [7, 11) is 0. The van der Waals surface area contributed by atoms with Gasteiger partial charge in [0.25, 0.3) is 0 Å². The third-order valence-corrected chi connectivity index (χ3v) is 2.66. The molecule has 1 N–H and O–H groups in total. The van der Waals surface area contributed by atoms with Crippen molar-refractivity contribution in [3.8, 4) is 0 Å². The standard InChI is InChI=1S/C15H18ClF2NO2/c1-15(2,3)21-14(20)19-7-5-4-6-10-8-11(17)13(16)12(18)9-10/h4,6,8-9H,5,7H2,1-3H3,(H,19,20). The number of benzene rings is 1. The molecule has 0 heterocycles. The van der Waals surface area contributed by atoms with Gasteiger partial charge in [-0.2, -0.15) is 0 Å². The van der Waals surface area contributed by atoms with Crippen LogP contribution in [0.15, 0.2) is 18.2 Å². The van der Waals surface area contributed by atoms with Gasteiger partial charge >= 0.3 is 6.09 Å². The number of halogens is 3. The van der Waals surface area contributed by atoms with Crippen molar-refractivity contribution in [2.75, 3.05) is 6.54 Å². The van der Waals surface area contributed by atoms with E-state index in [-0.39, 0.29) is 0 Å². The predicted octanol–water partition coefficient (Wildman–Crippen LogP) is 4.55. The van der Waals surface area contributed by atoms with Gasteiger partial charge < -0.3 is 10.1 Å². The fourth-order valence-electron chi connectivity index (χ4n) is 1.46. The van der Waals surface area contributed by atoms with Crippen LogP contribution in [0.4, 0.5) is 13.6 Å². The lowest BCUT2D eigenvalue weighted by Crippen LogP contribution is -2.32. The highest BCUT2D eigenvalue weighted by atomic mass is 35.5. The second-order valence-corrected chi connectivity index (χ2v) is 5.80. The first kappa shape index (κ1) is 17.4. The summed E-state index contributed by atoms with van der Waals surface area (Å²) in [5, 5.41) is 2.06. The highest BCUT2D eigenvalue weighted by molar-refractivity contribution is 6.30. The third-order valence-electron chi connectivity index (χ3n) is 2.30. The van der Waals surface area contributed by atoms with Crippen LogP contribution in [0.5, 0.6) is 0 Å². The maximum absolute atomic E-state index is 13.2. The van der Waals surface area contributed by atoms with Crippen molar-refractivity contribution in [3.05, 3.63) is 40.4 Å². The Balaban J connectivity index is 2.41. The minimum absolute atomic E-state index is 0.365. The number of rotatable bonds is 4. The molecule has 1 aromatic carbocycles. The predicted molar refractivity (Wildman–Crippen MR) is 79.3 cm³/mol. The minimum atomic E-state index is -0.803. The van der Waals surface area contributed by atoms with E-state index in [0.29, 0.717) is 18.5 Å². The molecule has 0 aliphatic heterocycles. The van der Waals surface area contributed by atoms with E-state index in [1.807, 2.05) is 0 Å². The highest BCUT2D eigenvalue weighted by Gasteiger charge is 2.15. The molecule has 6 heteroatoms. The summed E-state index contributed by atoms with van der Waals surface area (Å²) in [6, 6.07) is 2.28. The number of hydrogen-bond donors (Lipinski definition) is 1. The molecule has 0 saturated heterocycles. The molecule has 0 fully saturated rings. The average molecular weight is 318 g/mol. The summed E-state index contributed by atoms with van der Waals surface area (Å²) < 4.78 is 31.5. The van der Waals surface area contributed by atoms with Crippen LogP contribution in [-0.4, -0.2) is 18.2 Å². The Bertz CT molecular complexity index is 516. The lowest BCUT2D eigenvalue weighted by Gasteiger charge is -2.19. The molecule has 0 aliphatic rings. The third kappa shape index (κ3) is 6.58. The first-order valence-electron chi connectivity index (χ1n) is 6.47. The summed E-state index contributed by atoms with van der Waals surface area (Å²) in [4.78, 5) is 11.3. The first-order valence-corrected chi connectivity index (χ1v) is 6.85. The van der Waals surface area contributed by atoms with Crippen molar-refractivity contribution in [2.24, 2.45) is 0 Å². The van der Waals surface area contributed by atoms with Gasteiger partial charge in [0.2, 0.25) is 0 Å². The molecule has 1 aromatic rings. The van der Waals surface area contributed by atoms with Gasteiger partial charge in [-0.15, -0.1) is 0 Å². The van der Waals surface area contributed by atoms with E-state index in [9.17, 15) is 13.6 Å². The summed E-state index contributed by atoms with van der Waals surface area (Å²) in [6.07, 6.45) is 3.25. The maximum atomic E-state index is 13.2. The van der Waals surface area contributed by atoms with Gasteiger partial charge in [-0.1, -0.05) is 23.8 Å². The van der Waals surface area contributed by atoms with E-state index in [1.165, 1.54) is 0 Å². The van der Waals surface area contributed by atoms with Crippen LogP contribution in [0.1, 0.15) is 32.8 Å². The number of alkyl carbamates (subject to hydrolysis) is 1. The molecular weight excluding hydrogens is 300 g/mol. The molecule has 3 nitrogen and oxygen atoms in total. The Morgan fingerprint density at radius 2 is 1.90 bits per heavy atom. The lowest BCUT2D eigenvalue weighted by molar-refractivity contribution is 0.0529. The monoisotopic (exact) mass is 317 g/mol. The smallest absolute Gasteiger partial charge is 0.407 e. The van der Waals surface area contributed by atoms with E-state index in [1.54, 1.807) is 32.9 Å². The van der Waals surface area contributed by atoms with E-state index >= 15 is 0 Å². The fourth-order valence-corrected chi connectivity index (χ4v) is 1.57. The van der Waals surface area contributed by atoms with E-state index < -0.39 is 28.4 Å². The molecule has 21 heavy (non-hydrogen) atoms. The van der Waals surface area contributed by atoms with Crippen LogP contribution in [0, 0.1) is 11.6 Å². The van der Waals surface area contributed by atoms with Crippen LogP contribution in [-0.2, 0) is 4.74 Å². The minimum Gasteiger partial charge on any atom is -0.444 e. The van der Waals surface area contributed by atoms with Gasteiger partial charge in [0.15, 0.2) is 0 Å². The SMILES string of the molecule is CC(C)(C)OC(=O)NCCC=Cc1cc(F)c(Cl)c(F)c1. The van der Waals surface area contributed by atoms with Crippen molar-refractivity contribution < 1.29 is 18.3 Å². The van der Waals surface area contributed by atoms with Crippen LogP contribution in [0.25, 0.3) is 6.08 Å². The lowest BCUT2D eigenvalue weighted by atomic mass is 10.2. The van der Waals surface area contributed by atoms with Crippen molar-refractivity contribution in [1.29, 1.82) is 0 Å². The zero-order valence-electron chi connectivity index (χ0n) is 12.2. The topological polar surface area (TPSA) is 38.3 Å². The molecule has 0 spiro atoms. The average Bonchev–Trinajstić information content (AvgIpc) is 2.33. The fraction of sp³-hybridized carbons (Fsp3) is 0.400. The second kappa shape index (κ2) is 7.41. The number of amides is 1. The molecule has 0 radical (unpaired) electrons. The van der Waals surface area contributed by atoms with E-state index in [4.69, 9.17) is 16.3 Å². The quantitative estimate of drug-likeness (QED) is 0.653. The number of ether oxygens (including phenoxy) is 1. The second-order valence-electron chi connectivity index (χ2n) is 5.42. The van der Waals surface area contributed by atoms with Gasteiger partial charge in [0.1, 0.15) is 22.3 Å². The summed E-state index contributed by atoms with van der Waals surface area (Å²) in [5.41, 5.74) is -0.176. The Hall–Kier alpha value is -1.62. The highest BCUT2D eigenvalue weighted by Crippen LogP contribution is 2.21. The molecule has 0 unspecified atom stereocenters. The van der Waals surface area contributed by atoms with E-state index in [2.05, 4.69) is 5.32 Å². The zero-order valence-corrected chi connectivity index (χ0v) is 12.9. The number of nitrogens with one attached hydrogen (secondary N) is 1. The molecule has 0 atom stereocenters. The van der Waals surface area contributed by atoms with Crippen molar-refractivity contribution in [3.63, 3.8) is 0 Å². The molecule has 0 aromatic heterocycles. The van der Waals surface area contributed by atoms with Crippen LogP contribution in [0.2, 0.25) is 5.02 Å². The van der Waals surface area contributed by atoms with Crippen LogP contribution < -0.4 is 5.32 Å². The Labute approximate surface area is 127 Å². The van der Waals surface area contributed by atoms with Crippen molar-refractivity contribution >= 4 is 23.8 Å². The zero-order chi connectivity index (χ0) is 16.0. The van der Waals surface area contributed by atoms with Crippen molar-refractivity contribution in [1.82, 2.24) is 5.32 Å². The molecular formula is C15H18ClF2NO2. The molecule has 0 bridgehead atoms. The Kier molecular flexibility index (Phi) is 6.15. The van der Waals surface area contributed by atoms with Gasteiger partial charge in [0.05, 0.1) is 0 Å². The molecule has 0 saturated carbocycles.